The van der Waals surface area contributed by atoms with Gasteiger partial charge in [-0.2, -0.15) is 0 Å². The van der Waals surface area contributed by atoms with E-state index in [1.165, 1.54) is 0 Å². The van der Waals surface area contributed by atoms with Crippen LogP contribution >= 0.6 is 12.6 Å². The van der Waals surface area contributed by atoms with E-state index >= 15 is 0 Å². The van der Waals surface area contributed by atoms with Crippen molar-refractivity contribution in [1.29, 1.82) is 0 Å². The van der Waals surface area contributed by atoms with Gasteiger partial charge in [-0.05, 0) is 0 Å². The summed E-state index contributed by atoms with van der Waals surface area (Å²) in [6.45, 7) is -0.296. The summed E-state index contributed by atoms with van der Waals surface area (Å²) in [5, 5.41) is 26.6. The third kappa shape index (κ3) is 1.28. The quantitative estimate of drug-likeness (QED) is 0.352. The zero-order valence-electron chi connectivity index (χ0n) is 5.21. The average Bonchev–Trinajstić information content (AvgIpc) is 2.17. The van der Waals surface area contributed by atoms with Gasteiger partial charge in [0.15, 0.2) is 0 Å². The Balaban J connectivity index is 2.53. The third-order valence-corrected chi connectivity index (χ3v) is 1.94. The van der Waals surface area contributed by atoms with Crippen molar-refractivity contribution in [2.24, 2.45) is 0 Å². The van der Waals surface area contributed by atoms with Crippen molar-refractivity contribution in [3.05, 3.63) is 0 Å². The first-order valence-electron chi connectivity index (χ1n) is 2.97. The second kappa shape index (κ2) is 3.06. The predicted molar refractivity (Wildman–Crippen MR) is 36.7 cm³/mol. The molecule has 0 radical (unpaired) electrons. The van der Waals surface area contributed by atoms with Gasteiger partial charge in [-0.15, -0.1) is 12.6 Å². The summed E-state index contributed by atoms with van der Waals surface area (Å²) < 4.78 is 4.85. The van der Waals surface area contributed by atoms with E-state index in [0.29, 0.717) is 0 Å². The number of hydrogen-bond donors (Lipinski definition) is 4. The molecule has 3 N–H and O–H groups in total. The highest BCUT2D eigenvalue weighted by molar-refractivity contribution is 7.80. The van der Waals surface area contributed by atoms with E-state index in [1.807, 2.05) is 0 Å². The molecule has 0 aromatic rings. The number of aliphatic hydroxyl groups excluding tert-OH is 3. The first kappa shape index (κ1) is 8.29. The van der Waals surface area contributed by atoms with Crippen LogP contribution < -0.4 is 0 Å². The SMILES string of the molecule is OC[C@H]1O[C@H](S)C(O)C1O. The van der Waals surface area contributed by atoms with Gasteiger partial charge >= 0.3 is 0 Å². The molecule has 0 spiro atoms. The first-order chi connectivity index (χ1) is 4.66. The molecule has 4 atom stereocenters. The van der Waals surface area contributed by atoms with E-state index in [0.717, 1.165) is 0 Å². The van der Waals surface area contributed by atoms with Crippen molar-refractivity contribution in [2.75, 3.05) is 6.61 Å². The summed E-state index contributed by atoms with van der Waals surface area (Å²) in [5.74, 6) is 0. The Kier molecular flexibility index (Phi) is 2.54. The molecule has 0 aromatic carbocycles. The maximum absolute atomic E-state index is 9.04. The van der Waals surface area contributed by atoms with Gasteiger partial charge in [0, 0.05) is 0 Å². The van der Waals surface area contributed by atoms with Gasteiger partial charge in [-0.3, -0.25) is 0 Å². The standard InChI is InChI=1S/C5H10O4S/c6-1-2-3(7)4(8)5(10)9-2/h2-8,10H,1H2/t2-,3?,4?,5-/m1/s1. The van der Waals surface area contributed by atoms with E-state index in [1.54, 1.807) is 0 Å². The van der Waals surface area contributed by atoms with E-state index in [-0.39, 0.29) is 6.61 Å². The van der Waals surface area contributed by atoms with Gasteiger partial charge in [0.1, 0.15) is 23.7 Å². The highest BCUT2D eigenvalue weighted by Gasteiger charge is 2.40. The molecule has 0 amide bonds. The summed E-state index contributed by atoms with van der Waals surface area (Å²) >= 11 is 3.82. The molecule has 5 heteroatoms. The van der Waals surface area contributed by atoms with Crippen LogP contribution in [0, 0.1) is 0 Å². The van der Waals surface area contributed by atoms with Crippen molar-refractivity contribution in [1.82, 2.24) is 0 Å². The largest absolute Gasteiger partial charge is 0.394 e. The van der Waals surface area contributed by atoms with Crippen LogP contribution in [0.25, 0.3) is 0 Å². The number of hydrogen-bond acceptors (Lipinski definition) is 5. The monoisotopic (exact) mass is 166 g/mol. The second-order valence-corrected chi connectivity index (χ2v) is 2.74. The fourth-order valence-electron chi connectivity index (χ4n) is 0.880. The molecule has 4 nitrogen and oxygen atoms in total. The average molecular weight is 166 g/mol. The molecule has 2 unspecified atom stereocenters. The number of thiol groups is 1. The zero-order valence-corrected chi connectivity index (χ0v) is 6.11. The van der Waals surface area contributed by atoms with Gasteiger partial charge in [0.2, 0.25) is 0 Å². The summed E-state index contributed by atoms with van der Waals surface area (Å²) in [7, 11) is 0. The molecular formula is C5H10O4S. The van der Waals surface area contributed by atoms with Crippen LogP contribution in [0.3, 0.4) is 0 Å². The molecular weight excluding hydrogens is 156 g/mol. The van der Waals surface area contributed by atoms with Crippen molar-refractivity contribution in [2.45, 2.75) is 23.7 Å². The van der Waals surface area contributed by atoms with E-state index < -0.39 is 23.7 Å². The molecule has 1 heterocycles. The summed E-state index contributed by atoms with van der Waals surface area (Å²) in [5.41, 5.74) is -0.688. The lowest BCUT2D eigenvalue weighted by Gasteiger charge is -2.09. The lowest BCUT2D eigenvalue weighted by molar-refractivity contribution is -0.00794. The fraction of sp³-hybridized carbons (Fsp3) is 1.00. The van der Waals surface area contributed by atoms with Crippen LogP contribution in [0.5, 0.6) is 0 Å². The molecule has 0 bridgehead atoms. The van der Waals surface area contributed by atoms with Crippen molar-refractivity contribution in [3.8, 4) is 0 Å². The summed E-state index contributed by atoms with van der Waals surface area (Å²) in [4.78, 5) is 0. The lowest BCUT2D eigenvalue weighted by atomic mass is 10.2. The third-order valence-electron chi connectivity index (χ3n) is 1.52. The molecule has 1 rings (SSSR count). The lowest BCUT2D eigenvalue weighted by Crippen LogP contribution is -2.32. The predicted octanol–water partition coefficient (Wildman–Crippen LogP) is -1.64. The van der Waals surface area contributed by atoms with E-state index in [2.05, 4.69) is 12.6 Å². The minimum atomic E-state index is -1.02. The topological polar surface area (TPSA) is 69.9 Å². The highest BCUT2D eigenvalue weighted by atomic mass is 32.1. The number of rotatable bonds is 1. The number of aliphatic hydroxyl groups is 3. The normalized spacial score (nSPS) is 48.0. The Hall–Kier alpha value is 0.190. The molecule has 1 saturated heterocycles. The second-order valence-electron chi connectivity index (χ2n) is 2.23. The van der Waals surface area contributed by atoms with Gasteiger partial charge in [-0.25, -0.2) is 0 Å². The van der Waals surface area contributed by atoms with Crippen molar-refractivity contribution >= 4 is 12.6 Å². The molecule has 1 fully saturated rings. The van der Waals surface area contributed by atoms with E-state index in [4.69, 9.17) is 20.1 Å². The van der Waals surface area contributed by atoms with Crippen LogP contribution in [0.2, 0.25) is 0 Å². The minimum absolute atomic E-state index is 0.296. The van der Waals surface area contributed by atoms with Gasteiger partial charge < -0.3 is 20.1 Å². The van der Waals surface area contributed by atoms with E-state index in [9.17, 15) is 0 Å². The Morgan fingerprint density at radius 2 is 1.90 bits per heavy atom. The molecule has 1 aliphatic heterocycles. The van der Waals surface area contributed by atoms with Crippen LogP contribution in [0.4, 0.5) is 0 Å². The molecule has 10 heavy (non-hydrogen) atoms. The van der Waals surface area contributed by atoms with Gasteiger partial charge in [-0.1, -0.05) is 0 Å². The maximum atomic E-state index is 9.04. The minimum Gasteiger partial charge on any atom is -0.394 e. The Labute approximate surface area is 63.8 Å². The van der Waals surface area contributed by atoms with Crippen LogP contribution in [0.1, 0.15) is 0 Å². The fourth-order valence-corrected chi connectivity index (χ4v) is 1.21. The van der Waals surface area contributed by atoms with Crippen LogP contribution in [-0.2, 0) is 4.74 Å². The maximum Gasteiger partial charge on any atom is 0.129 e. The van der Waals surface area contributed by atoms with Crippen LogP contribution in [-0.4, -0.2) is 45.7 Å². The zero-order chi connectivity index (χ0) is 7.72. The molecule has 1 aliphatic rings. The molecule has 0 aromatic heterocycles. The summed E-state index contributed by atoms with van der Waals surface area (Å²) in [6, 6.07) is 0. The van der Waals surface area contributed by atoms with Crippen molar-refractivity contribution in [3.63, 3.8) is 0 Å². The van der Waals surface area contributed by atoms with Gasteiger partial charge in [0.25, 0.3) is 0 Å². The highest BCUT2D eigenvalue weighted by Crippen LogP contribution is 2.22. The smallest absolute Gasteiger partial charge is 0.129 e. The molecule has 0 aliphatic carbocycles. The first-order valence-corrected chi connectivity index (χ1v) is 3.49. The number of ether oxygens (including phenoxy) is 1. The van der Waals surface area contributed by atoms with Gasteiger partial charge in [0.05, 0.1) is 6.61 Å². The molecule has 0 saturated carbocycles. The Morgan fingerprint density at radius 3 is 2.10 bits per heavy atom. The van der Waals surface area contributed by atoms with Crippen LogP contribution in [0.15, 0.2) is 0 Å². The van der Waals surface area contributed by atoms with Crippen molar-refractivity contribution < 1.29 is 20.1 Å². The summed E-state index contributed by atoms with van der Waals surface area (Å²) in [6.07, 6.45) is -2.72. The Morgan fingerprint density at radius 1 is 1.30 bits per heavy atom. The Bertz CT molecular complexity index is 120. The molecule has 60 valence electrons.